The molecule has 0 saturated heterocycles. The molecule has 0 fully saturated rings. The van der Waals surface area contributed by atoms with E-state index >= 15 is 0 Å². The van der Waals surface area contributed by atoms with Gasteiger partial charge in [-0.3, -0.25) is 4.79 Å². The molecule has 82 valence electrons. The van der Waals surface area contributed by atoms with Gasteiger partial charge < -0.3 is 10.1 Å². The minimum absolute atomic E-state index is 0.0313. The lowest BCUT2D eigenvalue weighted by molar-refractivity contribution is -0.119. The Balaban J connectivity index is 2.98. The van der Waals surface area contributed by atoms with E-state index in [0.29, 0.717) is 6.54 Å². The van der Waals surface area contributed by atoms with Gasteiger partial charge in [0.2, 0.25) is 5.91 Å². The molecule has 0 aliphatic carbocycles. The zero-order chi connectivity index (χ0) is 11.4. The largest absolute Gasteiger partial charge is 0.496 e. The minimum atomic E-state index is -0.0313. The van der Waals surface area contributed by atoms with Crippen molar-refractivity contribution in [1.29, 1.82) is 0 Å². The maximum atomic E-state index is 10.8. The van der Waals surface area contributed by atoms with Gasteiger partial charge in [0.1, 0.15) is 5.75 Å². The van der Waals surface area contributed by atoms with Crippen molar-refractivity contribution in [3.63, 3.8) is 0 Å². The first-order valence-electron chi connectivity index (χ1n) is 4.93. The van der Waals surface area contributed by atoms with Gasteiger partial charge in [0.25, 0.3) is 0 Å². The molecule has 3 heteroatoms. The van der Waals surface area contributed by atoms with E-state index < -0.39 is 0 Å². The van der Waals surface area contributed by atoms with Gasteiger partial charge >= 0.3 is 0 Å². The van der Waals surface area contributed by atoms with E-state index in [1.54, 1.807) is 7.11 Å². The topological polar surface area (TPSA) is 38.3 Å². The summed E-state index contributed by atoms with van der Waals surface area (Å²) in [5, 5.41) is 2.77. The molecule has 0 aromatic heterocycles. The Labute approximate surface area is 90.4 Å². The maximum Gasteiger partial charge on any atom is 0.217 e. The lowest BCUT2D eigenvalue weighted by Crippen LogP contribution is -2.19. The number of hydrogen-bond donors (Lipinski definition) is 1. The third-order valence-electron chi connectivity index (χ3n) is 2.23. The lowest BCUT2D eigenvalue weighted by atomic mass is 10.1. The highest BCUT2D eigenvalue weighted by Crippen LogP contribution is 2.24. The zero-order valence-electron chi connectivity index (χ0n) is 9.68. The first-order valence-corrected chi connectivity index (χ1v) is 4.93. The smallest absolute Gasteiger partial charge is 0.217 e. The monoisotopic (exact) mass is 207 g/mol. The standard InChI is InChI=1S/C12H17NO2/c1-8-5-9(2)12(15-4)11(6-8)7-13-10(3)14/h5-6H,7H2,1-4H3,(H,13,14). The van der Waals surface area contributed by atoms with Crippen molar-refractivity contribution in [1.82, 2.24) is 5.32 Å². The fourth-order valence-electron chi connectivity index (χ4n) is 1.69. The number of nitrogens with one attached hydrogen (secondary N) is 1. The van der Waals surface area contributed by atoms with Crippen LogP contribution in [0.1, 0.15) is 23.6 Å². The van der Waals surface area contributed by atoms with Gasteiger partial charge in [0, 0.05) is 19.0 Å². The molecule has 0 aliphatic rings. The van der Waals surface area contributed by atoms with Crippen LogP contribution in [0.4, 0.5) is 0 Å². The fourth-order valence-corrected chi connectivity index (χ4v) is 1.69. The van der Waals surface area contributed by atoms with Crippen molar-refractivity contribution in [3.05, 3.63) is 28.8 Å². The number of methoxy groups -OCH3 is 1. The van der Waals surface area contributed by atoms with Crippen LogP contribution in [0.2, 0.25) is 0 Å². The molecule has 0 heterocycles. The number of aryl methyl sites for hydroxylation is 2. The molecule has 1 aromatic rings. The average molecular weight is 207 g/mol. The molecule has 0 unspecified atom stereocenters. The van der Waals surface area contributed by atoms with Crippen molar-refractivity contribution in [2.75, 3.05) is 7.11 Å². The third-order valence-corrected chi connectivity index (χ3v) is 2.23. The first-order chi connectivity index (χ1) is 7.04. The van der Waals surface area contributed by atoms with Gasteiger partial charge in [0.05, 0.1) is 7.11 Å². The number of carbonyl (C=O) groups is 1. The Morgan fingerprint density at radius 2 is 2.07 bits per heavy atom. The van der Waals surface area contributed by atoms with E-state index in [9.17, 15) is 4.79 Å². The van der Waals surface area contributed by atoms with Gasteiger partial charge in [0.15, 0.2) is 0 Å². The second kappa shape index (κ2) is 4.82. The van der Waals surface area contributed by atoms with Gasteiger partial charge in [-0.15, -0.1) is 0 Å². The predicted molar refractivity (Wildman–Crippen MR) is 60.0 cm³/mol. The minimum Gasteiger partial charge on any atom is -0.496 e. The van der Waals surface area contributed by atoms with Crippen LogP contribution in [0.5, 0.6) is 5.75 Å². The predicted octanol–water partition coefficient (Wildman–Crippen LogP) is 1.95. The van der Waals surface area contributed by atoms with Gasteiger partial charge in [-0.2, -0.15) is 0 Å². The first kappa shape index (κ1) is 11.6. The second-order valence-electron chi connectivity index (χ2n) is 3.68. The highest BCUT2D eigenvalue weighted by Gasteiger charge is 2.07. The van der Waals surface area contributed by atoms with Crippen LogP contribution < -0.4 is 10.1 Å². The Hall–Kier alpha value is -1.51. The van der Waals surface area contributed by atoms with E-state index in [-0.39, 0.29) is 5.91 Å². The molecule has 15 heavy (non-hydrogen) atoms. The molecule has 0 saturated carbocycles. The molecule has 1 rings (SSSR count). The van der Waals surface area contributed by atoms with Crippen LogP contribution in [0.25, 0.3) is 0 Å². The fraction of sp³-hybridized carbons (Fsp3) is 0.417. The summed E-state index contributed by atoms with van der Waals surface area (Å²) >= 11 is 0. The van der Waals surface area contributed by atoms with E-state index in [4.69, 9.17) is 4.74 Å². The summed E-state index contributed by atoms with van der Waals surface area (Å²) in [4.78, 5) is 10.8. The molecule has 1 amide bonds. The average Bonchev–Trinajstić information content (AvgIpc) is 2.13. The maximum absolute atomic E-state index is 10.8. The summed E-state index contributed by atoms with van der Waals surface area (Å²) in [6, 6.07) is 4.10. The van der Waals surface area contributed by atoms with E-state index in [1.165, 1.54) is 12.5 Å². The zero-order valence-corrected chi connectivity index (χ0v) is 9.68. The molecule has 0 spiro atoms. The van der Waals surface area contributed by atoms with Crippen LogP contribution in [-0.2, 0) is 11.3 Å². The van der Waals surface area contributed by atoms with Crippen molar-refractivity contribution in [2.45, 2.75) is 27.3 Å². The lowest BCUT2D eigenvalue weighted by Gasteiger charge is -2.12. The van der Waals surface area contributed by atoms with E-state index in [1.807, 2.05) is 19.9 Å². The number of benzene rings is 1. The summed E-state index contributed by atoms with van der Waals surface area (Å²) in [6.45, 7) is 6.06. The van der Waals surface area contributed by atoms with Crippen LogP contribution >= 0.6 is 0 Å². The Kier molecular flexibility index (Phi) is 3.72. The van der Waals surface area contributed by atoms with Crippen LogP contribution in [-0.4, -0.2) is 13.0 Å². The van der Waals surface area contributed by atoms with E-state index in [2.05, 4.69) is 11.4 Å². The highest BCUT2D eigenvalue weighted by atomic mass is 16.5. The Bertz CT molecular complexity index is 372. The van der Waals surface area contributed by atoms with Crippen molar-refractivity contribution >= 4 is 5.91 Å². The molecule has 0 aliphatic heterocycles. The summed E-state index contributed by atoms with van der Waals surface area (Å²) in [7, 11) is 1.65. The summed E-state index contributed by atoms with van der Waals surface area (Å²) in [5.41, 5.74) is 3.29. The van der Waals surface area contributed by atoms with Crippen LogP contribution in [0, 0.1) is 13.8 Å². The molecule has 0 bridgehead atoms. The van der Waals surface area contributed by atoms with Gasteiger partial charge in [-0.05, 0) is 19.4 Å². The normalized spacial score (nSPS) is 9.87. The SMILES string of the molecule is COc1c(C)cc(C)cc1CNC(C)=O. The molecule has 1 aromatic carbocycles. The molecule has 1 N–H and O–H groups in total. The van der Waals surface area contributed by atoms with Crippen molar-refractivity contribution < 1.29 is 9.53 Å². The Morgan fingerprint density at radius 3 is 2.60 bits per heavy atom. The molecule has 0 atom stereocenters. The molecular formula is C12H17NO2. The second-order valence-corrected chi connectivity index (χ2v) is 3.68. The molecule has 3 nitrogen and oxygen atoms in total. The Morgan fingerprint density at radius 1 is 1.40 bits per heavy atom. The summed E-state index contributed by atoms with van der Waals surface area (Å²) in [6.07, 6.45) is 0. The third kappa shape index (κ3) is 2.98. The quantitative estimate of drug-likeness (QED) is 0.822. The van der Waals surface area contributed by atoms with Gasteiger partial charge in [-0.25, -0.2) is 0 Å². The summed E-state index contributed by atoms with van der Waals surface area (Å²) in [5.74, 6) is 0.825. The molecular weight excluding hydrogens is 190 g/mol. The number of carbonyl (C=O) groups excluding carboxylic acids is 1. The van der Waals surface area contributed by atoms with E-state index in [0.717, 1.165) is 16.9 Å². The number of hydrogen-bond acceptors (Lipinski definition) is 2. The summed E-state index contributed by atoms with van der Waals surface area (Å²) < 4.78 is 5.31. The number of amides is 1. The van der Waals surface area contributed by atoms with Crippen LogP contribution in [0.15, 0.2) is 12.1 Å². The highest BCUT2D eigenvalue weighted by molar-refractivity contribution is 5.72. The van der Waals surface area contributed by atoms with Gasteiger partial charge in [-0.1, -0.05) is 17.7 Å². The van der Waals surface area contributed by atoms with Crippen molar-refractivity contribution in [2.24, 2.45) is 0 Å². The molecule has 0 radical (unpaired) electrons. The number of rotatable bonds is 3. The van der Waals surface area contributed by atoms with Crippen LogP contribution in [0.3, 0.4) is 0 Å². The van der Waals surface area contributed by atoms with Crippen molar-refractivity contribution in [3.8, 4) is 5.75 Å². The number of ether oxygens (including phenoxy) is 1.